The van der Waals surface area contributed by atoms with E-state index in [4.69, 9.17) is 4.98 Å². The molecule has 0 atom stereocenters. The van der Waals surface area contributed by atoms with Crippen LogP contribution in [0.25, 0.3) is 22.6 Å². The molecule has 0 saturated carbocycles. The van der Waals surface area contributed by atoms with Gasteiger partial charge >= 0.3 is 0 Å². The number of fused-ring (bicyclic) bond motifs is 1. The van der Waals surface area contributed by atoms with Gasteiger partial charge in [0.25, 0.3) is 0 Å². The topological polar surface area (TPSA) is 76.9 Å². The molecule has 0 spiro atoms. The zero-order chi connectivity index (χ0) is 20.4. The number of aryl methyl sites for hydroxylation is 2. The number of sulfonamides is 1. The third kappa shape index (κ3) is 4.06. The van der Waals surface area contributed by atoms with Crippen LogP contribution in [-0.2, 0) is 16.6 Å². The van der Waals surface area contributed by atoms with Crippen LogP contribution in [0.1, 0.15) is 11.1 Å². The van der Waals surface area contributed by atoms with Crippen molar-refractivity contribution in [2.75, 3.05) is 6.54 Å². The van der Waals surface area contributed by atoms with Gasteiger partial charge in [0.15, 0.2) is 5.65 Å². The van der Waals surface area contributed by atoms with Gasteiger partial charge in [-0.1, -0.05) is 47.5 Å². The number of rotatable bonds is 6. The highest BCUT2D eigenvalue weighted by molar-refractivity contribution is 7.89. The standard InChI is InChI=1S/C22H22N4O2S/c1-16-5-9-18(10-6-16)21-25-20-4-3-13-23-22(20)26(21)15-14-24-29(27,28)19-11-7-17(2)8-12-19/h3-13,24H,14-15H2,1-2H3. The first-order valence-corrected chi connectivity index (χ1v) is 10.9. The van der Waals surface area contributed by atoms with Crippen LogP contribution >= 0.6 is 0 Å². The Morgan fingerprint density at radius 3 is 2.28 bits per heavy atom. The molecule has 0 bridgehead atoms. The van der Waals surface area contributed by atoms with E-state index >= 15 is 0 Å². The molecule has 0 unspecified atom stereocenters. The lowest BCUT2D eigenvalue weighted by Gasteiger charge is -2.11. The van der Waals surface area contributed by atoms with E-state index in [2.05, 4.69) is 9.71 Å². The second kappa shape index (κ2) is 7.77. The Labute approximate surface area is 170 Å². The summed E-state index contributed by atoms with van der Waals surface area (Å²) in [6.07, 6.45) is 1.72. The molecule has 2 heterocycles. The number of benzene rings is 2. The van der Waals surface area contributed by atoms with Crippen molar-refractivity contribution < 1.29 is 8.42 Å². The smallest absolute Gasteiger partial charge is 0.240 e. The van der Waals surface area contributed by atoms with Crippen molar-refractivity contribution in [3.63, 3.8) is 0 Å². The van der Waals surface area contributed by atoms with E-state index in [9.17, 15) is 8.42 Å². The third-order valence-corrected chi connectivity index (χ3v) is 6.25. The monoisotopic (exact) mass is 406 g/mol. The zero-order valence-electron chi connectivity index (χ0n) is 16.3. The van der Waals surface area contributed by atoms with Gasteiger partial charge in [-0.25, -0.2) is 23.1 Å². The molecule has 2 aromatic heterocycles. The van der Waals surface area contributed by atoms with E-state index in [1.807, 2.05) is 54.8 Å². The van der Waals surface area contributed by atoms with Crippen LogP contribution in [0.2, 0.25) is 0 Å². The summed E-state index contributed by atoms with van der Waals surface area (Å²) in [5, 5.41) is 0. The molecule has 0 radical (unpaired) electrons. The van der Waals surface area contributed by atoms with Gasteiger partial charge in [0, 0.05) is 24.8 Å². The minimum absolute atomic E-state index is 0.233. The molecule has 4 rings (SSSR count). The number of pyridine rings is 1. The van der Waals surface area contributed by atoms with Crippen molar-refractivity contribution >= 4 is 21.2 Å². The Hall–Kier alpha value is -3.03. The fourth-order valence-electron chi connectivity index (χ4n) is 3.19. The van der Waals surface area contributed by atoms with Crippen molar-refractivity contribution in [1.82, 2.24) is 19.3 Å². The lowest BCUT2D eigenvalue weighted by molar-refractivity contribution is 0.574. The van der Waals surface area contributed by atoms with Gasteiger partial charge in [-0.15, -0.1) is 0 Å². The van der Waals surface area contributed by atoms with Crippen LogP contribution in [0.4, 0.5) is 0 Å². The van der Waals surface area contributed by atoms with Crippen molar-refractivity contribution in [2.24, 2.45) is 0 Å². The van der Waals surface area contributed by atoms with Crippen molar-refractivity contribution in [3.05, 3.63) is 78.0 Å². The molecule has 4 aromatic rings. The predicted molar refractivity (Wildman–Crippen MR) is 114 cm³/mol. The van der Waals surface area contributed by atoms with Crippen LogP contribution in [0.15, 0.2) is 71.8 Å². The Balaban J connectivity index is 1.61. The summed E-state index contributed by atoms with van der Waals surface area (Å²) in [5.41, 5.74) is 4.67. The van der Waals surface area contributed by atoms with E-state index in [0.29, 0.717) is 6.54 Å². The van der Waals surface area contributed by atoms with Crippen LogP contribution < -0.4 is 4.72 Å². The number of nitrogens with one attached hydrogen (secondary N) is 1. The molecule has 29 heavy (non-hydrogen) atoms. The van der Waals surface area contributed by atoms with E-state index in [1.165, 1.54) is 5.56 Å². The zero-order valence-corrected chi connectivity index (χ0v) is 17.1. The van der Waals surface area contributed by atoms with Crippen LogP contribution in [-0.4, -0.2) is 29.5 Å². The fourth-order valence-corrected chi connectivity index (χ4v) is 4.21. The number of imidazole rings is 1. The van der Waals surface area contributed by atoms with E-state index in [0.717, 1.165) is 28.1 Å². The first kappa shape index (κ1) is 19.3. The summed E-state index contributed by atoms with van der Waals surface area (Å²) in [6, 6.07) is 18.7. The summed E-state index contributed by atoms with van der Waals surface area (Å²) < 4.78 is 29.8. The molecule has 148 valence electrons. The number of nitrogens with zero attached hydrogens (tertiary/aromatic N) is 3. The maximum atomic E-state index is 12.6. The van der Waals surface area contributed by atoms with Gasteiger partial charge in [-0.05, 0) is 38.1 Å². The molecule has 0 fully saturated rings. The van der Waals surface area contributed by atoms with Crippen LogP contribution in [0.5, 0.6) is 0 Å². The minimum Gasteiger partial charge on any atom is -0.307 e. The first-order valence-electron chi connectivity index (χ1n) is 9.39. The quantitative estimate of drug-likeness (QED) is 0.530. The fraction of sp³-hybridized carbons (Fsp3) is 0.182. The number of aromatic nitrogens is 3. The minimum atomic E-state index is -3.57. The summed E-state index contributed by atoms with van der Waals surface area (Å²) in [4.78, 5) is 9.43. The normalized spacial score (nSPS) is 11.8. The van der Waals surface area contributed by atoms with Gasteiger partial charge in [-0.3, -0.25) is 0 Å². The third-order valence-electron chi connectivity index (χ3n) is 4.77. The highest BCUT2D eigenvalue weighted by Crippen LogP contribution is 2.24. The molecule has 1 N–H and O–H groups in total. The maximum absolute atomic E-state index is 12.6. The average molecular weight is 407 g/mol. The predicted octanol–water partition coefficient (Wildman–Crippen LogP) is 3.69. The number of hydrogen-bond donors (Lipinski definition) is 1. The Bertz CT molecular complexity index is 1240. The van der Waals surface area contributed by atoms with Gasteiger partial charge in [0.1, 0.15) is 11.3 Å². The molecular weight excluding hydrogens is 384 g/mol. The highest BCUT2D eigenvalue weighted by Gasteiger charge is 2.16. The van der Waals surface area contributed by atoms with Crippen molar-refractivity contribution in [2.45, 2.75) is 25.3 Å². The van der Waals surface area contributed by atoms with Gasteiger partial charge in [0.05, 0.1) is 4.90 Å². The van der Waals surface area contributed by atoms with Crippen LogP contribution in [0.3, 0.4) is 0 Å². The van der Waals surface area contributed by atoms with Crippen molar-refractivity contribution in [1.29, 1.82) is 0 Å². The van der Waals surface area contributed by atoms with Gasteiger partial charge in [-0.2, -0.15) is 0 Å². The molecule has 0 saturated heterocycles. The largest absolute Gasteiger partial charge is 0.307 e. The van der Waals surface area contributed by atoms with E-state index in [-0.39, 0.29) is 11.4 Å². The lowest BCUT2D eigenvalue weighted by atomic mass is 10.1. The van der Waals surface area contributed by atoms with E-state index < -0.39 is 10.0 Å². The Morgan fingerprint density at radius 2 is 1.59 bits per heavy atom. The Morgan fingerprint density at radius 1 is 0.931 bits per heavy atom. The molecule has 0 aliphatic carbocycles. The van der Waals surface area contributed by atoms with E-state index in [1.54, 1.807) is 30.5 Å². The number of hydrogen-bond acceptors (Lipinski definition) is 4. The second-order valence-corrected chi connectivity index (χ2v) is 8.78. The second-order valence-electron chi connectivity index (χ2n) is 7.01. The average Bonchev–Trinajstić information content (AvgIpc) is 3.07. The summed E-state index contributed by atoms with van der Waals surface area (Å²) in [6.45, 7) is 4.61. The Kier molecular flexibility index (Phi) is 5.17. The molecule has 6 nitrogen and oxygen atoms in total. The molecule has 7 heteroatoms. The lowest BCUT2D eigenvalue weighted by Crippen LogP contribution is -2.27. The molecular formula is C22H22N4O2S. The van der Waals surface area contributed by atoms with Gasteiger partial charge in [0.2, 0.25) is 10.0 Å². The van der Waals surface area contributed by atoms with Crippen molar-refractivity contribution in [3.8, 4) is 11.4 Å². The maximum Gasteiger partial charge on any atom is 0.240 e. The van der Waals surface area contributed by atoms with Gasteiger partial charge < -0.3 is 4.57 Å². The first-order chi connectivity index (χ1) is 13.9. The highest BCUT2D eigenvalue weighted by atomic mass is 32.2. The SMILES string of the molecule is Cc1ccc(-c2nc3cccnc3n2CCNS(=O)(=O)c2ccc(C)cc2)cc1. The molecule has 0 amide bonds. The molecule has 0 aliphatic heterocycles. The van der Waals surface area contributed by atoms with Crippen LogP contribution in [0, 0.1) is 13.8 Å². The molecule has 0 aliphatic rings. The summed E-state index contributed by atoms with van der Waals surface area (Å²) >= 11 is 0. The summed E-state index contributed by atoms with van der Waals surface area (Å²) in [7, 11) is -3.57. The summed E-state index contributed by atoms with van der Waals surface area (Å²) in [5.74, 6) is 0.772. The molecule has 2 aromatic carbocycles.